The minimum atomic E-state index is -4.14. The van der Waals surface area contributed by atoms with E-state index in [0.717, 1.165) is 19.3 Å². The summed E-state index contributed by atoms with van der Waals surface area (Å²) in [7, 11) is -4.14. The average molecular weight is 337 g/mol. The third-order valence-corrected chi connectivity index (χ3v) is 7.06. The minimum Gasteiger partial charge on any atom is -0.259 e. The first-order valence-electron chi connectivity index (χ1n) is 8.06. The van der Waals surface area contributed by atoms with E-state index in [-0.39, 0.29) is 4.90 Å². The van der Waals surface area contributed by atoms with E-state index in [2.05, 4.69) is 0 Å². The molecular formula is C16H19NO5S. The van der Waals surface area contributed by atoms with Crippen LogP contribution in [-0.2, 0) is 14.3 Å². The highest BCUT2D eigenvalue weighted by molar-refractivity contribution is 7.87. The molecule has 0 aromatic heterocycles. The van der Waals surface area contributed by atoms with Gasteiger partial charge < -0.3 is 0 Å². The van der Waals surface area contributed by atoms with E-state index in [1.807, 2.05) is 0 Å². The third kappa shape index (κ3) is 2.55. The molecule has 4 aliphatic carbocycles. The lowest BCUT2D eigenvalue weighted by Crippen LogP contribution is -2.52. The average Bonchev–Trinajstić information content (AvgIpc) is 2.44. The molecule has 1 aromatic rings. The standard InChI is InChI=1S/C16H19NO5S/c18-17(19)14-3-1-2-4-15(14)23(20,21)22-16-8-11-5-12(9-16)7-13(6-11)10-16/h1-4,11-13H,5-10H2. The first kappa shape index (κ1) is 15.1. The smallest absolute Gasteiger partial charge is 0.259 e. The Labute approximate surface area is 135 Å². The first-order valence-corrected chi connectivity index (χ1v) is 9.47. The number of nitrogens with zero attached hydrogens (tertiary/aromatic N) is 1. The van der Waals surface area contributed by atoms with Gasteiger partial charge in [0.2, 0.25) is 0 Å². The van der Waals surface area contributed by atoms with E-state index in [0.29, 0.717) is 17.8 Å². The first-order chi connectivity index (χ1) is 10.9. The van der Waals surface area contributed by atoms with Crippen LogP contribution in [0.5, 0.6) is 0 Å². The topological polar surface area (TPSA) is 86.5 Å². The van der Waals surface area contributed by atoms with Crippen molar-refractivity contribution in [3.63, 3.8) is 0 Å². The molecule has 124 valence electrons. The Morgan fingerprint density at radius 2 is 1.57 bits per heavy atom. The van der Waals surface area contributed by atoms with Crippen LogP contribution < -0.4 is 0 Å². The molecule has 0 N–H and O–H groups in total. The summed E-state index contributed by atoms with van der Waals surface area (Å²) in [5.41, 5.74) is -1.06. The largest absolute Gasteiger partial charge is 0.304 e. The molecule has 6 nitrogen and oxygen atoms in total. The molecular weight excluding hydrogens is 318 g/mol. The Morgan fingerprint density at radius 3 is 2.09 bits per heavy atom. The van der Waals surface area contributed by atoms with Gasteiger partial charge in [-0.2, -0.15) is 8.42 Å². The minimum absolute atomic E-state index is 0.333. The van der Waals surface area contributed by atoms with E-state index in [4.69, 9.17) is 4.18 Å². The van der Waals surface area contributed by atoms with E-state index in [9.17, 15) is 18.5 Å². The Hall–Kier alpha value is -1.47. The second kappa shape index (κ2) is 5.01. The zero-order valence-electron chi connectivity index (χ0n) is 12.7. The Balaban J connectivity index is 1.67. The number of para-hydroxylation sites is 1. The van der Waals surface area contributed by atoms with Gasteiger partial charge in [0.25, 0.3) is 5.69 Å². The number of nitro benzene ring substituents is 1. The van der Waals surface area contributed by atoms with Gasteiger partial charge in [-0.3, -0.25) is 14.3 Å². The summed E-state index contributed by atoms with van der Waals surface area (Å²) in [5.74, 6) is 1.63. The van der Waals surface area contributed by atoms with Crippen LogP contribution >= 0.6 is 0 Å². The van der Waals surface area contributed by atoms with Crippen LogP contribution in [0.15, 0.2) is 29.2 Å². The molecule has 4 fully saturated rings. The number of hydrogen-bond acceptors (Lipinski definition) is 5. The molecule has 0 spiro atoms. The van der Waals surface area contributed by atoms with Gasteiger partial charge in [-0.05, 0) is 62.3 Å². The van der Waals surface area contributed by atoms with Crippen LogP contribution in [0, 0.1) is 27.9 Å². The van der Waals surface area contributed by atoms with Crippen molar-refractivity contribution in [3.05, 3.63) is 34.4 Å². The van der Waals surface area contributed by atoms with Crippen LogP contribution in [0.2, 0.25) is 0 Å². The van der Waals surface area contributed by atoms with Crippen molar-refractivity contribution < 1.29 is 17.5 Å². The molecule has 0 saturated heterocycles. The lowest BCUT2D eigenvalue weighted by Gasteiger charge is -2.55. The molecule has 0 aliphatic heterocycles. The molecule has 4 saturated carbocycles. The summed E-state index contributed by atoms with van der Waals surface area (Å²) in [4.78, 5) is 10.1. The summed E-state index contributed by atoms with van der Waals surface area (Å²) in [6.45, 7) is 0. The number of nitro groups is 1. The fraction of sp³-hybridized carbons (Fsp3) is 0.625. The molecule has 7 heteroatoms. The molecule has 5 rings (SSSR count). The zero-order valence-corrected chi connectivity index (χ0v) is 13.5. The Kier molecular flexibility index (Phi) is 3.29. The molecule has 23 heavy (non-hydrogen) atoms. The van der Waals surface area contributed by atoms with E-state index >= 15 is 0 Å². The third-order valence-electron chi connectivity index (χ3n) is 5.60. The lowest BCUT2D eigenvalue weighted by molar-refractivity contribution is -0.387. The van der Waals surface area contributed by atoms with Crippen LogP contribution in [0.1, 0.15) is 38.5 Å². The highest BCUT2D eigenvalue weighted by atomic mass is 32.2. The summed E-state index contributed by atoms with van der Waals surface area (Å²) in [5, 5.41) is 11.1. The Bertz CT molecular complexity index is 722. The van der Waals surface area contributed by atoms with Gasteiger partial charge in [0.05, 0.1) is 10.5 Å². The maximum Gasteiger partial charge on any atom is 0.304 e. The Morgan fingerprint density at radius 1 is 1.04 bits per heavy atom. The van der Waals surface area contributed by atoms with Crippen molar-refractivity contribution in [2.24, 2.45) is 17.8 Å². The van der Waals surface area contributed by atoms with Crippen molar-refractivity contribution >= 4 is 15.8 Å². The summed E-state index contributed by atoms with van der Waals surface area (Å²) < 4.78 is 31.1. The van der Waals surface area contributed by atoms with E-state index in [1.165, 1.54) is 43.5 Å². The molecule has 0 radical (unpaired) electrons. The fourth-order valence-electron chi connectivity index (χ4n) is 5.23. The van der Waals surface area contributed by atoms with Gasteiger partial charge >= 0.3 is 10.1 Å². The normalized spacial score (nSPS) is 35.4. The molecule has 0 unspecified atom stereocenters. The van der Waals surface area contributed by atoms with Crippen molar-refractivity contribution in [2.45, 2.75) is 49.0 Å². The highest BCUT2D eigenvalue weighted by Crippen LogP contribution is 2.57. The fourth-order valence-corrected chi connectivity index (χ4v) is 6.63. The monoisotopic (exact) mass is 337 g/mol. The van der Waals surface area contributed by atoms with E-state index in [1.54, 1.807) is 0 Å². The second-order valence-corrected chi connectivity index (χ2v) is 8.88. The predicted octanol–water partition coefficient (Wildman–Crippen LogP) is 3.27. The molecule has 0 heterocycles. The molecule has 4 aliphatic rings. The quantitative estimate of drug-likeness (QED) is 0.478. The highest BCUT2D eigenvalue weighted by Gasteiger charge is 2.54. The van der Waals surface area contributed by atoms with Gasteiger partial charge in [-0.1, -0.05) is 12.1 Å². The number of benzene rings is 1. The zero-order chi connectivity index (χ0) is 16.2. The van der Waals surface area contributed by atoms with Crippen LogP contribution in [0.4, 0.5) is 5.69 Å². The van der Waals surface area contributed by atoms with Crippen molar-refractivity contribution in [3.8, 4) is 0 Å². The summed E-state index contributed by atoms with van der Waals surface area (Å²) in [6, 6.07) is 5.41. The SMILES string of the molecule is O=[N+]([O-])c1ccccc1S(=O)(=O)OC12CC3CC(CC(C3)C1)C2. The molecule has 0 amide bonds. The maximum atomic E-state index is 12.7. The van der Waals surface area contributed by atoms with Crippen LogP contribution in [0.25, 0.3) is 0 Å². The van der Waals surface area contributed by atoms with Gasteiger partial charge in [0, 0.05) is 6.07 Å². The number of hydrogen-bond donors (Lipinski definition) is 0. The number of rotatable bonds is 4. The second-order valence-electron chi connectivity index (χ2n) is 7.36. The maximum absolute atomic E-state index is 12.7. The van der Waals surface area contributed by atoms with Gasteiger partial charge in [0.15, 0.2) is 4.90 Å². The van der Waals surface area contributed by atoms with Gasteiger partial charge in [-0.25, -0.2) is 0 Å². The van der Waals surface area contributed by atoms with Crippen LogP contribution in [-0.4, -0.2) is 18.9 Å². The molecule has 0 atom stereocenters. The van der Waals surface area contributed by atoms with Crippen molar-refractivity contribution in [1.29, 1.82) is 0 Å². The predicted molar refractivity (Wildman–Crippen MR) is 82.3 cm³/mol. The van der Waals surface area contributed by atoms with Crippen molar-refractivity contribution in [1.82, 2.24) is 0 Å². The molecule has 4 bridgehead atoms. The summed E-state index contributed by atoms with van der Waals surface area (Å²) >= 11 is 0. The van der Waals surface area contributed by atoms with Gasteiger partial charge in [0.1, 0.15) is 0 Å². The lowest BCUT2D eigenvalue weighted by atomic mass is 9.54. The van der Waals surface area contributed by atoms with Crippen molar-refractivity contribution in [2.75, 3.05) is 0 Å². The molecule has 1 aromatic carbocycles. The summed E-state index contributed by atoms with van der Waals surface area (Å²) in [6.07, 6.45) is 5.81. The van der Waals surface area contributed by atoms with Gasteiger partial charge in [-0.15, -0.1) is 0 Å². The van der Waals surface area contributed by atoms with Crippen LogP contribution in [0.3, 0.4) is 0 Å². The van der Waals surface area contributed by atoms with E-state index < -0.39 is 26.3 Å².